The molecule has 0 aliphatic heterocycles. The van der Waals surface area contributed by atoms with Crippen LogP contribution in [0.4, 0.5) is 13.2 Å². The van der Waals surface area contributed by atoms with Crippen molar-refractivity contribution in [3.8, 4) is 5.75 Å². The molecule has 0 saturated carbocycles. The molecule has 0 bridgehead atoms. The highest BCUT2D eigenvalue weighted by molar-refractivity contribution is 6.22. The zero-order valence-corrected chi connectivity index (χ0v) is 16.2. The second-order valence-electron chi connectivity index (χ2n) is 8.01. The highest BCUT2D eigenvalue weighted by Crippen LogP contribution is 2.50. The number of carbonyl (C=O) groups is 3. The molecule has 0 radical (unpaired) electrons. The van der Waals surface area contributed by atoms with Crippen molar-refractivity contribution in [2.45, 2.75) is 26.2 Å². The summed E-state index contributed by atoms with van der Waals surface area (Å²) in [4.78, 5) is 37.7. The van der Waals surface area contributed by atoms with Crippen LogP contribution in [0.3, 0.4) is 0 Å². The van der Waals surface area contributed by atoms with Crippen molar-refractivity contribution in [2.75, 3.05) is 0 Å². The lowest BCUT2D eigenvalue weighted by molar-refractivity contribution is -0.125. The molecule has 1 aromatic carbocycles. The minimum Gasteiger partial charge on any atom is -0.511 e. The molecule has 4 rings (SSSR count). The van der Waals surface area contributed by atoms with Gasteiger partial charge in [0.15, 0.2) is 23.2 Å². The summed E-state index contributed by atoms with van der Waals surface area (Å²) in [5.74, 6) is -8.26. The first-order valence-electron chi connectivity index (χ1n) is 9.55. The van der Waals surface area contributed by atoms with Crippen molar-refractivity contribution in [1.82, 2.24) is 0 Å². The first kappa shape index (κ1) is 20.9. The number of aliphatic hydroxyl groups excluding tert-OH is 2. The van der Waals surface area contributed by atoms with Gasteiger partial charge in [0.2, 0.25) is 0 Å². The number of phenolic OH excluding ortho intramolecular Hbond substituents is 1. The van der Waals surface area contributed by atoms with Crippen LogP contribution in [0.5, 0.6) is 5.75 Å². The zero-order chi connectivity index (χ0) is 22.8. The van der Waals surface area contributed by atoms with E-state index in [0.717, 1.165) is 19.1 Å². The summed E-state index contributed by atoms with van der Waals surface area (Å²) in [6.45, 7) is 1.10. The number of halogens is 3. The van der Waals surface area contributed by atoms with Crippen LogP contribution in [0.15, 0.2) is 40.9 Å². The Labute approximate surface area is 174 Å². The van der Waals surface area contributed by atoms with E-state index in [1.165, 1.54) is 0 Å². The van der Waals surface area contributed by atoms with E-state index >= 15 is 0 Å². The molecule has 3 atom stereocenters. The molecule has 3 aliphatic carbocycles. The molecule has 0 heterocycles. The lowest BCUT2D eigenvalue weighted by Crippen LogP contribution is -2.42. The summed E-state index contributed by atoms with van der Waals surface area (Å²) in [6, 6.07) is 1.87. The number of ketones is 3. The fourth-order valence-corrected chi connectivity index (χ4v) is 5.06. The predicted molar refractivity (Wildman–Crippen MR) is 101 cm³/mol. The van der Waals surface area contributed by atoms with Gasteiger partial charge in [-0.3, -0.25) is 14.4 Å². The van der Waals surface area contributed by atoms with Crippen LogP contribution in [0, 0.1) is 17.8 Å². The number of aliphatic hydroxyl groups is 2. The van der Waals surface area contributed by atoms with E-state index < -0.39 is 81.0 Å². The van der Waals surface area contributed by atoms with Gasteiger partial charge in [0.1, 0.15) is 17.3 Å². The molecular weight excluding hydrogens is 417 g/mol. The molecule has 0 spiro atoms. The maximum Gasteiger partial charge on any atom is 0.306 e. The monoisotopic (exact) mass is 434 g/mol. The lowest BCUT2D eigenvalue weighted by atomic mass is 9.62. The SMILES string of the molecule is CC(=O)C1=C(O)CC2CC3Cc4c(C(F)=C(F)F)ccc(O)c4C(=O)C3=C(O)C2C1=O. The number of hydrogen-bond donors (Lipinski definition) is 3. The number of hydrogen-bond acceptors (Lipinski definition) is 6. The van der Waals surface area contributed by atoms with Crippen molar-refractivity contribution in [3.63, 3.8) is 0 Å². The predicted octanol–water partition coefficient (Wildman–Crippen LogP) is 4.10. The van der Waals surface area contributed by atoms with E-state index in [9.17, 15) is 42.9 Å². The first-order chi connectivity index (χ1) is 14.5. The van der Waals surface area contributed by atoms with Gasteiger partial charge in [0, 0.05) is 17.6 Å². The maximum absolute atomic E-state index is 14.1. The summed E-state index contributed by atoms with van der Waals surface area (Å²) < 4.78 is 39.8. The highest BCUT2D eigenvalue weighted by Gasteiger charge is 2.50. The molecular formula is C22H17F3O6. The van der Waals surface area contributed by atoms with Gasteiger partial charge in [0.05, 0.1) is 17.1 Å². The number of Topliss-reactive ketones (excluding diaryl/α,β-unsaturated/α-hetero) is 3. The molecule has 6 nitrogen and oxygen atoms in total. The third-order valence-electron chi connectivity index (χ3n) is 6.28. The average molecular weight is 434 g/mol. The summed E-state index contributed by atoms with van der Waals surface area (Å²) >= 11 is 0. The Morgan fingerprint density at radius 1 is 1.06 bits per heavy atom. The number of benzene rings is 1. The topological polar surface area (TPSA) is 112 Å². The minimum absolute atomic E-state index is 0.0829. The van der Waals surface area contributed by atoms with Crippen LogP contribution in [0.2, 0.25) is 0 Å². The Hall–Kier alpha value is -3.36. The Bertz CT molecular complexity index is 1160. The van der Waals surface area contributed by atoms with Crippen LogP contribution in [0.25, 0.3) is 5.83 Å². The summed E-state index contributed by atoms with van der Waals surface area (Å²) in [6.07, 6.45) is -2.67. The van der Waals surface area contributed by atoms with E-state index in [4.69, 9.17) is 0 Å². The standard InChI is InChI=1S/C22H17F3O6/c1-7(26)14-13(28)6-9-4-8-5-11-10(18(23)22(24)25)2-3-12(27)17(11)21(31)15(8)20(30)16(9)19(14)29/h2-3,8-9,16,27-28,30H,4-6H2,1H3. The van der Waals surface area contributed by atoms with Gasteiger partial charge in [-0.25, -0.2) is 4.39 Å². The Morgan fingerprint density at radius 2 is 1.74 bits per heavy atom. The van der Waals surface area contributed by atoms with Gasteiger partial charge < -0.3 is 15.3 Å². The van der Waals surface area contributed by atoms with Crippen LogP contribution < -0.4 is 0 Å². The molecule has 1 aromatic rings. The van der Waals surface area contributed by atoms with E-state index in [-0.39, 0.29) is 30.4 Å². The number of carbonyl (C=O) groups excluding carboxylic acids is 3. The van der Waals surface area contributed by atoms with Gasteiger partial charge in [-0.05, 0) is 49.3 Å². The van der Waals surface area contributed by atoms with Gasteiger partial charge in [0.25, 0.3) is 0 Å². The molecule has 9 heteroatoms. The molecule has 0 amide bonds. The molecule has 0 aromatic heterocycles. The van der Waals surface area contributed by atoms with E-state index in [0.29, 0.717) is 0 Å². The van der Waals surface area contributed by atoms with Crippen LogP contribution in [-0.2, 0) is 16.0 Å². The third-order valence-corrected chi connectivity index (χ3v) is 6.28. The zero-order valence-electron chi connectivity index (χ0n) is 16.2. The van der Waals surface area contributed by atoms with Gasteiger partial charge >= 0.3 is 6.08 Å². The van der Waals surface area contributed by atoms with Crippen molar-refractivity contribution in [2.24, 2.45) is 17.8 Å². The molecule has 3 aliphatic rings. The normalized spacial score (nSPS) is 25.1. The van der Waals surface area contributed by atoms with Crippen molar-refractivity contribution in [3.05, 3.63) is 57.6 Å². The third kappa shape index (κ3) is 2.98. The summed E-state index contributed by atoms with van der Waals surface area (Å²) in [5, 5.41) is 31.2. The fourth-order valence-electron chi connectivity index (χ4n) is 5.06. The smallest absolute Gasteiger partial charge is 0.306 e. The van der Waals surface area contributed by atoms with Crippen LogP contribution in [0.1, 0.15) is 41.3 Å². The maximum atomic E-state index is 14.1. The number of rotatable bonds is 2. The average Bonchev–Trinajstić information content (AvgIpc) is 2.66. The summed E-state index contributed by atoms with van der Waals surface area (Å²) in [5.41, 5.74) is -1.63. The van der Waals surface area contributed by atoms with Gasteiger partial charge in [-0.2, -0.15) is 8.78 Å². The van der Waals surface area contributed by atoms with Crippen LogP contribution >= 0.6 is 0 Å². The molecule has 31 heavy (non-hydrogen) atoms. The van der Waals surface area contributed by atoms with Crippen molar-refractivity contribution < 1.29 is 42.9 Å². The Morgan fingerprint density at radius 3 is 2.35 bits per heavy atom. The molecule has 162 valence electrons. The van der Waals surface area contributed by atoms with E-state index in [2.05, 4.69) is 0 Å². The molecule has 3 unspecified atom stereocenters. The minimum atomic E-state index is -2.57. The van der Waals surface area contributed by atoms with Gasteiger partial charge in [-0.1, -0.05) is 0 Å². The van der Waals surface area contributed by atoms with E-state index in [1.807, 2.05) is 0 Å². The van der Waals surface area contributed by atoms with Crippen molar-refractivity contribution >= 4 is 23.2 Å². The van der Waals surface area contributed by atoms with Gasteiger partial charge in [-0.15, -0.1) is 0 Å². The quantitative estimate of drug-likeness (QED) is 0.604. The fraction of sp³-hybridized carbons (Fsp3) is 0.318. The summed E-state index contributed by atoms with van der Waals surface area (Å²) in [7, 11) is 0. The Balaban J connectivity index is 1.88. The van der Waals surface area contributed by atoms with Crippen molar-refractivity contribution in [1.29, 1.82) is 0 Å². The van der Waals surface area contributed by atoms with E-state index in [1.54, 1.807) is 0 Å². The number of allylic oxidation sites excluding steroid dienone is 4. The lowest BCUT2D eigenvalue weighted by Gasteiger charge is -2.41. The largest absolute Gasteiger partial charge is 0.511 e. The first-order valence-corrected chi connectivity index (χ1v) is 9.55. The van der Waals surface area contributed by atoms with Crippen LogP contribution in [-0.4, -0.2) is 32.7 Å². The molecule has 0 fully saturated rings. The Kier molecular flexibility index (Phi) is 4.79. The second kappa shape index (κ2) is 7.11. The number of fused-ring (bicyclic) bond motifs is 3. The number of aromatic hydroxyl groups is 1. The molecule has 3 N–H and O–H groups in total. The number of phenols is 1. The second-order valence-corrected chi connectivity index (χ2v) is 8.01. The highest BCUT2D eigenvalue weighted by atomic mass is 19.3. The molecule has 0 saturated heterocycles.